The van der Waals surface area contributed by atoms with Gasteiger partial charge in [-0.15, -0.1) is 0 Å². The zero-order chi connectivity index (χ0) is 19.7. The maximum absolute atomic E-state index is 13.1. The van der Waals surface area contributed by atoms with Crippen molar-refractivity contribution in [2.45, 2.75) is 75.9 Å². The van der Waals surface area contributed by atoms with Crippen molar-refractivity contribution in [3.05, 3.63) is 0 Å². The van der Waals surface area contributed by atoms with Crippen LogP contribution in [-0.2, 0) is 14.4 Å². The summed E-state index contributed by atoms with van der Waals surface area (Å²) >= 11 is 1.74. The fourth-order valence-electron chi connectivity index (χ4n) is 6.39. The van der Waals surface area contributed by atoms with Crippen molar-refractivity contribution in [3.63, 3.8) is 0 Å². The smallest absolute Gasteiger partial charge is 0.307 e. The summed E-state index contributed by atoms with van der Waals surface area (Å²) in [5.74, 6) is 1.13. The van der Waals surface area contributed by atoms with E-state index in [1.165, 1.54) is 12.8 Å². The SMILES string of the molecule is O=C(O)C1CCCCC1SCCCN1C(=O)C2CCCC3CCCC(C1=O)C32. The van der Waals surface area contributed by atoms with Gasteiger partial charge in [0, 0.05) is 23.6 Å². The number of amides is 2. The molecule has 1 aliphatic heterocycles. The second kappa shape index (κ2) is 8.76. The van der Waals surface area contributed by atoms with E-state index in [1.807, 2.05) is 0 Å². The number of aliphatic carboxylic acids is 1. The number of carboxylic acids is 1. The zero-order valence-corrected chi connectivity index (χ0v) is 17.5. The third kappa shape index (κ3) is 3.86. The average molecular weight is 408 g/mol. The van der Waals surface area contributed by atoms with Gasteiger partial charge in [-0.05, 0) is 49.7 Å². The van der Waals surface area contributed by atoms with Gasteiger partial charge in [-0.25, -0.2) is 0 Å². The van der Waals surface area contributed by atoms with E-state index >= 15 is 0 Å². The number of likely N-dealkylation sites (tertiary alicyclic amines) is 1. The first-order valence-electron chi connectivity index (χ1n) is 11.3. The molecule has 3 saturated carbocycles. The third-order valence-electron chi connectivity index (χ3n) is 7.70. The molecular formula is C22H33NO4S. The predicted octanol–water partition coefficient (Wildman–Crippen LogP) is 3.95. The van der Waals surface area contributed by atoms with Gasteiger partial charge in [-0.1, -0.05) is 38.5 Å². The Labute approximate surface area is 172 Å². The van der Waals surface area contributed by atoms with Crippen LogP contribution in [0.25, 0.3) is 0 Å². The van der Waals surface area contributed by atoms with E-state index in [4.69, 9.17) is 0 Å². The molecule has 6 heteroatoms. The van der Waals surface area contributed by atoms with E-state index in [1.54, 1.807) is 16.7 Å². The number of nitrogens with zero attached hydrogens (tertiary/aromatic N) is 1. The van der Waals surface area contributed by atoms with Crippen molar-refractivity contribution in [1.29, 1.82) is 0 Å². The molecule has 5 nitrogen and oxygen atoms in total. The lowest BCUT2D eigenvalue weighted by atomic mass is 9.58. The summed E-state index contributed by atoms with van der Waals surface area (Å²) in [4.78, 5) is 39.2. The Morgan fingerprint density at radius 3 is 2.21 bits per heavy atom. The van der Waals surface area contributed by atoms with Crippen LogP contribution in [0, 0.1) is 29.6 Å². The van der Waals surface area contributed by atoms with Crippen molar-refractivity contribution in [3.8, 4) is 0 Å². The van der Waals surface area contributed by atoms with Crippen LogP contribution in [0.1, 0.15) is 70.6 Å². The van der Waals surface area contributed by atoms with E-state index in [0.717, 1.165) is 63.5 Å². The van der Waals surface area contributed by atoms with Crippen LogP contribution in [-0.4, -0.2) is 45.3 Å². The molecule has 4 atom stereocenters. The molecule has 28 heavy (non-hydrogen) atoms. The van der Waals surface area contributed by atoms with Crippen LogP contribution in [0.5, 0.6) is 0 Å². The minimum absolute atomic E-state index is 0.0733. The highest BCUT2D eigenvalue weighted by molar-refractivity contribution is 7.99. The Kier molecular flexibility index (Phi) is 6.34. The minimum Gasteiger partial charge on any atom is -0.481 e. The molecule has 0 radical (unpaired) electrons. The zero-order valence-electron chi connectivity index (χ0n) is 16.7. The Morgan fingerprint density at radius 2 is 1.57 bits per heavy atom. The summed E-state index contributed by atoms with van der Waals surface area (Å²) in [5.41, 5.74) is 0. The molecule has 0 bridgehead atoms. The van der Waals surface area contributed by atoms with E-state index in [2.05, 4.69) is 0 Å². The van der Waals surface area contributed by atoms with E-state index < -0.39 is 5.97 Å². The van der Waals surface area contributed by atoms with Gasteiger partial charge in [0.25, 0.3) is 0 Å². The first-order valence-corrected chi connectivity index (χ1v) is 12.3. The average Bonchev–Trinajstić information content (AvgIpc) is 2.71. The molecule has 1 saturated heterocycles. The second-order valence-electron chi connectivity index (χ2n) is 9.23. The highest BCUT2D eigenvalue weighted by Gasteiger charge is 2.52. The molecule has 0 spiro atoms. The first-order chi connectivity index (χ1) is 13.6. The molecule has 1 N–H and O–H groups in total. The highest BCUT2D eigenvalue weighted by Crippen LogP contribution is 2.50. The number of carbonyl (C=O) groups is 3. The number of hydrogen-bond acceptors (Lipinski definition) is 4. The molecule has 2 amide bonds. The molecule has 0 aromatic carbocycles. The third-order valence-corrected chi connectivity index (χ3v) is 9.21. The standard InChI is InChI=1S/C22H33NO4S/c24-20-16-9-3-6-14-7-4-10-17(19(14)16)21(25)23(20)12-5-13-28-18-11-2-1-8-15(18)22(26)27/h14-19H,1-13H2,(H,26,27). The van der Waals surface area contributed by atoms with Crippen molar-refractivity contribution < 1.29 is 19.5 Å². The maximum Gasteiger partial charge on any atom is 0.307 e. The van der Waals surface area contributed by atoms with Crippen LogP contribution < -0.4 is 0 Å². The number of hydrogen-bond donors (Lipinski definition) is 1. The molecular weight excluding hydrogens is 374 g/mol. The van der Waals surface area contributed by atoms with Crippen LogP contribution in [0.15, 0.2) is 0 Å². The largest absolute Gasteiger partial charge is 0.481 e. The number of thioether (sulfide) groups is 1. The van der Waals surface area contributed by atoms with Crippen molar-refractivity contribution >= 4 is 29.5 Å². The van der Waals surface area contributed by atoms with Gasteiger partial charge >= 0.3 is 5.97 Å². The van der Waals surface area contributed by atoms with Crippen molar-refractivity contribution in [2.24, 2.45) is 29.6 Å². The fraction of sp³-hybridized carbons (Fsp3) is 0.864. The van der Waals surface area contributed by atoms with Crippen molar-refractivity contribution in [1.82, 2.24) is 4.90 Å². The van der Waals surface area contributed by atoms with Gasteiger partial charge in [-0.3, -0.25) is 19.3 Å². The Hall–Kier alpha value is -1.04. The molecule has 156 valence electrons. The molecule has 4 unspecified atom stereocenters. The molecule has 0 aromatic heterocycles. The van der Waals surface area contributed by atoms with Gasteiger partial charge in [0.15, 0.2) is 0 Å². The minimum atomic E-state index is -0.672. The summed E-state index contributed by atoms with van der Waals surface area (Å²) in [6, 6.07) is 0. The number of imide groups is 1. The maximum atomic E-state index is 13.1. The molecule has 0 aromatic rings. The number of rotatable bonds is 6. The summed E-state index contributed by atoms with van der Waals surface area (Å²) < 4.78 is 0. The van der Waals surface area contributed by atoms with Gasteiger partial charge in [-0.2, -0.15) is 11.8 Å². The van der Waals surface area contributed by atoms with E-state index in [0.29, 0.717) is 18.4 Å². The summed E-state index contributed by atoms with van der Waals surface area (Å²) in [6.07, 6.45) is 11.2. The van der Waals surface area contributed by atoms with Gasteiger partial charge in [0.05, 0.1) is 5.92 Å². The second-order valence-corrected chi connectivity index (χ2v) is 10.6. The Bertz CT molecular complexity index is 594. The number of carbonyl (C=O) groups excluding carboxylic acids is 2. The van der Waals surface area contributed by atoms with Crippen LogP contribution in [0.2, 0.25) is 0 Å². The number of carboxylic acid groups (broad SMARTS) is 1. The summed E-state index contributed by atoms with van der Waals surface area (Å²) in [6.45, 7) is 0.513. The van der Waals surface area contributed by atoms with E-state index in [-0.39, 0.29) is 34.8 Å². The first kappa shape index (κ1) is 20.2. The monoisotopic (exact) mass is 407 g/mol. The lowest BCUT2D eigenvalue weighted by molar-refractivity contribution is -0.166. The van der Waals surface area contributed by atoms with Crippen LogP contribution >= 0.6 is 11.8 Å². The fourth-order valence-corrected chi connectivity index (χ4v) is 7.81. The predicted molar refractivity (Wildman–Crippen MR) is 109 cm³/mol. The lowest BCUT2D eigenvalue weighted by Gasteiger charge is -2.50. The quantitative estimate of drug-likeness (QED) is 0.533. The highest BCUT2D eigenvalue weighted by atomic mass is 32.2. The van der Waals surface area contributed by atoms with Crippen LogP contribution in [0.3, 0.4) is 0 Å². The van der Waals surface area contributed by atoms with Crippen LogP contribution in [0.4, 0.5) is 0 Å². The Balaban J connectivity index is 1.32. The number of piperidine rings is 1. The lowest BCUT2D eigenvalue weighted by Crippen LogP contribution is -2.58. The van der Waals surface area contributed by atoms with Crippen molar-refractivity contribution in [2.75, 3.05) is 12.3 Å². The molecule has 4 aliphatic rings. The molecule has 4 fully saturated rings. The topological polar surface area (TPSA) is 74.7 Å². The summed E-state index contributed by atoms with van der Waals surface area (Å²) in [5, 5.41) is 9.60. The summed E-state index contributed by atoms with van der Waals surface area (Å²) in [7, 11) is 0. The van der Waals surface area contributed by atoms with E-state index in [9.17, 15) is 19.5 Å². The molecule has 3 aliphatic carbocycles. The van der Waals surface area contributed by atoms with Gasteiger partial charge < -0.3 is 5.11 Å². The molecule has 1 heterocycles. The van der Waals surface area contributed by atoms with Gasteiger partial charge in [0.1, 0.15) is 0 Å². The Morgan fingerprint density at radius 1 is 0.929 bits per heavy atom. The van der Waals surface area contributed by atoms with Gasteiger partial charge in [0.2, 0.25) is 11.8 Å². The molecule has 4 rings (SSSR count). The normalized spacial score (nSPS) is 38.2.